The van der Waals surface area contributed by atoms with Crippen LogP contribution in [0.4, 0.5) is 0 Å². The highest BCUT2D eigenvalue weighted by atomic mass is 16.3. The van der Waals surface area contributed by atoms with Crippen LogP contribution >= 0.6 is 0 Å². The fourth-order valence-electron chi connectivity index (χ4n) is 2.37. The van der Waals surface area contributed by atoms with E-state index in [1.807, 2.05) is 16.9 Å². The first-order valence-electron chi connectivity index (χ1n) is 7.40. The van der Waals surface area contributed by atoms with Crippen molar-refractivity contribution in [3.05, 3.63) is 65.9 Å². The van der Waals surface area contributed by atoms with E-state index in [0.29, 0.717) is 12.5 Å². The maximum atomic E-state index is 9.53. The van der Waals surface area contributed by atoms with E-state index in [9.17, 15) is 5.11 Å². The summed E-state index contributed by atoms with van der Waals surface area (Å²) in [5, 5.41) is 17.9. The van der Waals surface area contributed by atoms with Gasteiger partial charge in [-0.3, -0.25) is 0 Å². The van der Waals surface area contributed by atoms with Gasteiger partial charge in [0.1, 0.15) is 11.4 Å². The number of hydrogen-bond donors (Lipinski definition) is 1. The molecular formula is C18H19N3O. The Hall–Kier alpha value is -2.62. The van der Waals surface area contributed by atoms with Crippen LogP contribution in [0.3, 0.4) is 0 Å². The molecule has 0 radical (unpaired) electrons. The molecule has 0 aliphatic heterocycles. The number of phenolic OH excluding ortho intramolecular Hbond substituents is 1. The molecular weight excluding hydrogens is 274 g/mol. The Morgan fingerprint density at radius 3 is 2.55 bits per heavy atom. The van der Waals surface area contributed by atoms with Gasteiger partial charge in [0.05, 0.1) is 12.7 Å². The van der Waals surface area contributed by atoms with Crippen molar-refractivity contribution < 1.29 is 5.11 Å². The molecule has 1 N–H and O–H groups in total. The lowest BCUT2D eigenvalue weighted by Gasteiger charge is -2.06. The summed E-state index contributed by atoms with van der Waals surface area (Å²) in [6, 6.07) is 15.6. The van der Waals surface area contributed by atoms with E-state index >= 15 is 0 Å². The van der Waals surface area contributed by atoms with Crippen molar-refractivity contribution in [1.82, 2.24) is 15.0 Å². The molecule has 0 aliphatic carbocycles. The first-order valence-corrected chi connectivity index (χ1v) is 7.40. The van der Waals surface area contributed by atoms with Crippen LogP contribution in [0.1, 0.15) is 30.9 Å². The minimum Gasteiger partial charge on any atom is -0.508 e. The Bertz CT molecular complexity index is 760. The summed E-state index contributed by atoms with van der Waals surface area (Å²) < 4.78 is 1.81. The minimum absolute atomic E-state index is 0.233. The van der Waals surface area contributed by atoms with E-state index in [-0.39, 0.29) is 5.75 Å². The average molecular weight is 293 g/mol. The minimum atomic E-state index is 0.233. The van der Waals surface area contributed by atoms with Gasteiger partial charge in [-0.15, -0.1) is 5.10 Å². The number of hydrogen-bond acceptors (Lipinski definition) is 3. The second kappa shape index (κ2) is 6.02. The Balaban J connectivity index is 1.77. The van der Waals surface area contributed by atoms with Gasteiger partial charge in [-0.2, -0.15) is 0 Å². The SMILES string of the molecule is CC(C)c1ccc(Cn2cc(-c3cccc(O)c3)nn2)cc1. The number of phenols is 1. The molecule has 1 heterocycles. The molecule has 3 aromatic rings. The van der Waals surface area contributed by atoms with Crippen molar-refractivity contribution >= 4 is 0 Å². The zero-order valence-electron chi connectivity index (χ0n) is 12.8. The smallest absolute Gasteiger partial charge is 0.116 e. The van der Waals surface area contributed by atoms with Gasteiger partial charge >= 0.3 is 0 Å². The third-order valence-electron chi connectivity index (χ3n) is 3.67. The lowest BCUT2D eigenvalue weighted by molar-refractivity contribution is 0.475. The maximum absolute atomic E-state index is 9.53. The summed E-state index contributed by atoms with van der Waals surface area (Å²) in [6.07, 6.45) is 1.89. The van der Waals surface area contributed by atoms with Gasteiger partial charge in [-0.1, -0.05) is 55.5 Å². The standard InChI is InChI=1S/C18H19N3O/c1-13(2)15-8-6-14(7-9-15)11-21-12-18(19-20-21)16-4-3-5-17(22)10-16/h3-10,12-13,22H,11H2,1-2H3. The number of aromatic nitrogens is 3. The topological polar surface area (TPSA) is 50.9 Å². The molecule has 0 unspecified atom stereocenters. The van der Waals surface area contributed by atoms with Crippen molar-refractivity contribution in [3.63, 3.8) is 0 Å². The van der Waals surface area contributed by atoms with E-state index < -0.39 is 0 Å². The van der Waals surface area contributed by atoms with Crippen molar-refractivity contribution in [2.75, 3.05) is 0 Å². The average Bonchev–Trinajstić information content (AvgIpc) is 2.96. The fraction of sp³-hybridized carbons (Fsp3) is 0.222. The highest BCUT2D eigenvalue weighted by Crippen LogP contribution is 2.21. The molecule has 0 spiro atoms. The van der Waals surface area contributed by atoms with E-state index in [2.05, 4.69) is 48.4 Å². The molecule has 0 saturated carbocycles. The summed E-state index contributed by atoms with van der Waals surface area (Å²) in [5.41, 5.74) is 4.15. The molecule has 2 aromatic carbocycles. The number of aromatic hydroxyl groups is 1. The second-order valence-electron chi connectivity index (χ2n) is 5.75. The number of benzene rings is 2. The van der Waals surface area contributed by atoms with Gasteiger partial charge < -0.3 is 5.11 Å². The van der Waals surface area contributed by atoms with E-state index in [0.717, 1.165) is 11.3 Å². The van der Waals surface area contributed by atoms with E-state index in [1.54, 1.807) is 18.2 Å². The van der Waals surface area contributed by atoms with Gasteiger partial charge in [0.15, 0.2) is 0 Å². The highest BCUT2D eigenvalue weighted by Gasteiger charge is 2.05. The summed E-state index contributed by atoms with van der Waals surface area (Å²) >= 11 is 0. The molecule has 22 heavy (non-hydrogen) atoms. The van der Waals surface area contributed by atoms with Crippen LogP contribution in [0.2, 0.25) is 0 Å². The van der Waals surface area contributed by atoms with Crippen LogP contribution < -0.4 is 0 Å². The summed E-state index contributed by atoms with van der Waals surface area (Å²) in [7, 11) is 0. The Morgan fingerprint density at radius 1 is 1.09 bits per heavy atom. The third kappa shape index (κ3) is 3.17. The molecule has 0 fully saturated rings. The van der Waals surface area contributed by atoms with Crippen molar-refractivity contribution in [3.8, 4) is 17.0 Å². The maximum Gasteiger partial charge on any atom is 0.116 e. The van der Waals surface area contributed by atoms with Gasteiger partial charge in [-0.25, -0.2) is 4.68 Å². The Labute approximate surface area is 130 Å². The Kier molecular flexibility index (Phi) is 3.92. The van der Waals surface area contributed by atoms with E-state index in [4.69, 9.17) is 0 Å². The van der Waals surface area contributed by atoms with Crippen molar-refractivity contribution in [2.24, 2.45) is 0 Å². The molecule has 4 heteroatoms. The molecule has 4 nitrogen and oxygen atoms in total. The molecule has 3 rings (SSSR count). The first-order chi connectivity index (χ1) is 10.6. The normalized spacial score (nSPS) is 11.0. The van der Waals surface area contributed by atoms with Crippen LogP contribution in [0, 0.1) is 0 Å². The molecule has 0 aliphatic rings. The van der Waals surface area contributed by atoms with Crippen LogP contribution in [-0.4, -0.2) is 20.1 Å². The highest BCUT2D eigenvalue weighted by molar-refractivity contribution is 5.59. The predicted molar refractivity (Wildman–Crippen MR) is 86.8 cm³/mol. The zero-order valence-corrected chi connectivity index (χ0v) is 12.8. The van der Waals surface area contributed by atoms with Gasteiger partial charge in [0.25, 0.3) is 0 Å². The number of nitrogens with zero attached hydrogens (tertiary/aromatic N) is 3. The largest absolute Gasteiger partial charge is 0.508 e. The van der Waals surface area contributed by atoms with Gasteiger partial charge in [-0.05, 0) is 29.2 Å². The summed E-state index contributed by atoms with van der Waals surface area (Å²) in [4.78, 5) is 0. The molecule has 0 atom stereocenters. The van der Waals surface area contributed by atoms with Crippen LogP contribution in [-0.2, 0) is 6.54 Å². The molecule has 112 valence electrons. The Morgan fingerprint density at radius 2 is 1.86 bits per heavy atom. The van der Waals surface area contributed by atoms with E-state index in [1.165, 1.54) is 11.1 Å². The predicted octanol–water partition coefficient (Wildman–Crippen LogP) is 3.82. The van der Waals surface area contributed by atoms with Crippen LogP contribution in [0.25, 0.3) is 11.3 Å². The molecule has 1 aromatic heterocycles. The lowest BCUT2D eigenvalue weighted by atomic mass is 10.0. The molecule has 0 amide bonds. The lowest BCUT2D eigenvalue weighted by Crippen LogP contribution is -2.00. The van der Waals surface area contributed by atoms with Crippen molar-refractivity contribution in [2.45, 2.75) is 26.3 Å². The monoisotopic (exact) mass is 293 g/mol. The zero-order chi connectivity index (χ0) is 15.5. The fourth-order valence-corrected chi connectivity index (χ4v) is 2.37. The van der Waals surface area contributed by atoms with Crippen LogP contribution in [0.15, 0.2) is 54.7 Å². The first kappa shape index (κ1) is 14.3. The van der Waals surface area contributed by atoms with Gasteiger partial charge in [0, 0.05) is 5.56 Å². The second-order valence-corrected chi connectivity index (χ2v) is 5.75. The molecule has 0 saturated heterocycles. The number of rotatable bonds is 4. The summed E-state index contributed by atoms with van der Waals surface area (Å²) in [6.45, 7) is 5.06. The summed E-state index contributed by atoms with van der Waals surface area (Å²) in [5.74, 6) is 0.772. The van der Waals surface area contributed by atoms with Crippen molar-refractivity contribution in [1.29, 1.82) is 0 Å². The van der Waals surface area contributed by atoms with Crippen LogP contribution in [0.5, 0.6) is 5.75 Å². The third-order valence-corrected chi connectivity index (χ3v) is 3.67. The van der Waals surface area contributed by atoms with Gasteiger partial charge in [0.2, 0.25) is 0 Å². The molecule has 0 bridgehead atoms. The quantitative estimate of drug-likeness (QED) is 0.795.